The Morgan fingerprint density at radius 1 is 1.23 bits per heavy atom. The number of carboxylic acid groups (broad SMARTS) is 1. The second kappa shape index (κ2) is 17.7. The van der Waals surface area contributed by atoms with Crippen LogP contribution in [0.5, 0.6) is 0 Å². The molecule has 0 bridgehead atoms. The van der Waals surface area contributed by atoms with E-state index in [4.69, 9.17) is 0 Å². The predicted octanol–water partition coefficient (Wildman–Crippen LogP) is -4.64. The molecule has 0 fully saturated rings. The van der Waals surface area contributed by atoms with Crippen molar-refractivity contribution < 1.29 is 88.1 Å². The van der Waals surface area contributed by atoms with Crippen molar-refractivity contribution in [2.45, 2.75) is 51.6 Å². The number of aliphatic hydroxyl groups is 1. The van der Waals surface area contributed by atoms with E-state index in [2.05, 4.69) is 11.4 Å². The third-order valence-corrected chi connectivity index (χ3v) is 4.75. The van der Waals surface area contributed by atoms with Gasteiger partial charge in [-0.05, 0) is 12.2 Å². The molecule has 0 aromatic carbocycles. The molecule has 0 rings (SSSR count). The standard InChI is InChI=1S/C12H25O6PS.2Na/c1-2-3-4-5-6-7-8-20-10-11(13)9-18-19(16,17)12(14)15;;/h11,13H,2-10H2,1H3,(H,14,15)(H,16,17);;/q;2*+1/p-2/t11-;;/m0../s1. The van der Waals surface area contributed by atoms with Crippen LogP contribution >= 0.6 is 19.4 Å². The van der Waals surface area contributed by atoms with Crippen molar-refractivity contribution in [3.8, 4) is 0 Å². The maximum absolute atomic E-state index is 10.8. The molecule has 6 nitrogen and oxygen atoms in total. The van der Waals surface area contributed by atoms with Gasteiger partial charge in [0.25, 0.3) is 0 Å². The van der Waals surface area contributed by atoms with Gasteiger partial charge >= 0.3 is 59.1 Å². The molecule has 10 heteroatoms. The summed E-state index contributed by atoms with van der Waals surface area (Å²) in [5.74, 6) is 1.21. The molecule has 0 aliphatic rings. The number of hydrogen-bond donors (Lipinski definition) is 1. The van der Waals surface area contributed by atoms with E-state index in [1.165, 1.54) is 37.4 Å². The van der Waals surface area contributed by atoms with Gasteiger partial charge in [0.15, 0.2) is 7.60 Å². The van der Waals surface area contributed by atoms with Crippen LogP contribution in [0.4, 0.5) is 4.79 Å². The number of aliphatic hydroxyl groups excluding tert-OH is 1. The van der Waals surface area contributed by atoms with E-state index in [1.807, 2.05) is 0 Å². The normalized spacial score (nSPS) is 14.3. The molecule has 120 valence electrons. The Hall–Kier alpha value is 1.93. The van der Waals surface area contributed by atoms with Gasteiger partial charge < -0.3 is 29.0 Å². The van der Waals surface area contributed by atoms with Crippen LogP contribution in [0.15, 0.2) is 0 Å². The number of rotatable bonds is 13. The first kappa shape index (κ1) is 28.7. The summed E-state index contributed by atoms with van der Waals surface area (Å²) >= 11 is 1.50. The van der Waals surface area contributed by atoms with Crippen molar-refractivity contribution in [2.75, 3.05) is 18.1 Å². The SMILES string of the molecule is CCCCCCCCSC[C@@H](O)COP(=O)([O-])C(=O)[O-].[Na+].[Na+]. The predicted molar refractivity (Wildman–Crippen MR) is 75.7 cm³/mol. The fraction of sp³-hybridized carbons (Fsp3) is 0.917. The number of unbranched alkanes of at least 4 members (excludes halogenated alkanes) is 5. The van der Waals surface area contributed by atoms with Crippen molar-refractivity contribution in [2.24, 2.45) is 0 Å². The Kier molecular flexibility index (Phi) is 23.2. The molecular formula is C12H23Na2O6PS. The molecule has 0 aliphatic heterocycles. The van der Waals surface area contributed by atoms with Crippen molar-refractivity contribution in [3.63, 3.8) is 0 Å². The van der Waals surface area contributed by atoms with Crippen molar-refractivity contribution >= 4 is 25.1 Å². The molecule has 0 saturated heterocycles. The van der Waals surface area contributed by atoms with Gasteiger partial charge in [0.1, 0.15) is 5.71 Å². The Labute approximate surface area is 181 Å². The van der Waals surface area contributed by atoms with Crippen LogP contribution in [0.2, 0.25) is 0 Å². The molecule has 0 radical (unpaired) electrons. The van der Waals surface area contributed by atoms with Crippen LogP contribution in [0, 0.1) is 0 Å². The van der Waals surface area contributed by atoms with Gasteiger partial charge in [0.05, 0.1) is 12.7 Å². The topological polar surface area (TPSA) is 110 Å². The minimum absolute atomic E-state index is 0. The molecule has 0 saturated carbocycles. The molecule has 0 aromatic heterocycles. The van der Waals surface area contributed by atoms with Gasteiger partial charge in [0, 0.05) is 5.75 Å². The molecule has 22 heavy (non-hydrogen) atoms. The van der Waals surface area contributed by atoms with Crippen LogP contribution in [0.1, 0.15) is 45.4 Å². The largest absolute Gasteiger partial charge is 1.00 e. The van der Waals surface area contributed by atoms with E-state index in [9.17, 15) is 24.5 Å². The monoisotopic (exact) mass is 372 g/mol. The molecule has 0 heterocycles. The Balaban J connectivity index is -0.00000180. The quantitative estimate of drug-likeness (QED) is 0.197. The fourth-order valence-corrected chi connectivity index (χ4v) is 2.91. The maximum Gasteiger partial charge on any atom is 1.00 e. The van der Waals surface area contributed by atoms with Crippen LogP contribution in [-0.4, -0.2) is 35.0 Å². The first-order chi connectivity index (χ1) is 9.40. The third kappa shape index (κ3) is 16.8. The van der Waals surface area contributed by atoms with Crippen LogP contribution in [0.3, 0.4) is 0 Å². The summed E-state index contributed by atoms with van der Waals surface area (Å²) in [6.45, 7) is 1.62. The molecule has 1 N–H and O–H groups in total. The summed E-state index contributed by atoms with van der Waals surface area (Å²) in [6.07, 6.45) is 6.15. The van der Waals surface area contributed by atoms with E-state index < -0.39 is 26.0 Å². The first-order valence-electron chi connectivity index (χ1n) is 6.83. The molecule has 0 spiro atoms. The van der Waals surface area contributed by atoms with E-state index in [0.29, 0.717) is 5.75 Å². The second-order valence-corrected chi connectivity index (χ2v) is 7.32. The Bertz CT molecular complexity index is 322. The average molecular weight is 372 g/mol. The average Bonchev–Trinajstić information content (AvgIpc) is 2.39. The van der Waals surface area contributed by atoms with Gasteiger partial charge in [-0.25, -0.2) is 0 Å². The fourth-order valence-electron chi connectivity index (χ4n) is 1.49. The van der Waals surface area contributed by atoms with Gasteiger partial charge in [-0.1, -0.05) is 39.0 Å². The summed E-state index contributed by atoms with van der Waals surface area (Å²) in [5.41, 5.74) is -2.26. The number of thioether (sulfide) groups is 1. The summed E-state index contributed by atoms with van der Waals surface area (Å²) in [5, 5.41) is 19.6. The Morgan fingerprint density at radius 2 is 1.77 bits per heavy atom. The van der Waals surface area contributed by atoms with Gasteiger partial charge in [-0.3, -0.25) is 0 Å². The maximum atomic E-state index is 10.8. The number of carbonyl (C=O) groups excluding carboxylic acids is 1. The van der Waals surface area contributed by atoms with E-state index in [1.54, 1.807) is 0 Å². The summed E-state index contributed by atoms with van der Waals surface area (Å²) in [7, 11) is -4.99. The molecule has 2 atom stereocenters. The van der Waals surface area contributed by atoms with Gasteiger partial charge in [-0.15, -0.1) is 0 Å². The smallest absolute Gasteiger partial charge is 0.774 e. The number of hydrogen-bond acceptors (Lipinski definition) is 7. The third-order valence-electron chi connectivity index (χ3n) is 2.61. The minimum Gasteiger partial charge on any atom is -0.774 e. The molecule has 0 amide bonds. The molecule has 0 aromatic rings. The Morgan fingerprint density at radius 3 is 2.32 bits per heavy atom. The van der Waals surface area contributed by atoms with Crippen molar-refractivity contribution in [3.05, 3.63) is 0 Å². The van der Waals surface area contributed by atoms with E-state index in [0.717, 1.165) is 18.6 Å². The zero-order valence-electron chi connectivity index (χ0n) is 13.8. The summed E-state index contributed by atoms with van der Waals surface area (Å²) in [6, 6.07) is 0. The van der Waals surface area contributed by atoms with E-state index in [-0.39, 0.29) is 59.1 Å². The zero-order chi connectivity index (χ0) is 15.4. The van der Waals surface area contributed by atoms with Crippen molar-refractivity contribution in [1.82, 2.24) is 0 Å². The minimum atomic E-state index is -4.99. The van der Waals surface area contributed by atoms with Crippen LogP contribution < -0.4 is 69.1 Å². The van der Waals surface area contributed by atoms with Crippen LogP contribution in [0.25, 0.3) is 0 Å². The zero-order valence-corrected chi connectivity index (χ0v) is 19.5. The van der Waals surface area contributed by atoms with Crippen molar-refractivity contribution in [1.29, 1.82) is 0 Å². The molecule has 1 unspecified atom stereocenters. The van der Waals surface area contributed by atoms with Gasteiger partial charge in [-0.2, -0.15) is 11.8 Å². The molecular weight excluding hydrogens is 349 g/mol. The summed E-state index contributed by atoms with van der Waals surface area (Å²) in [4.78, 5) is 20.9. The first-order valence-corrected chi connectivity index (χ1v) is 9.52. The second-order valence-electron chi connectivity index (χ2n) is 4.56. The number of carbonyl (C=O) groups is 1. The van der Waals surface area contributed by atoms with E-state index >= 15 is 0 Å². The molecule has 0 aliphatic carbocycles. The summed E-state index contributed by atoms with van der Waals surface area (Å²) < 4.78 is 14.9. The van der Waals surface area contributed by atoms with Gasteiger partial charge in [0.2, 0.25) is 0 Å². The van der Waals surface area contributed by atoms with Crippen LogP contribution in [-0.2, 0) is 9.09 Å².